The molecule has 2 aliphatic rings. The van der Waals surface area contributed by atoms with Gasteiger partial charge >= 0.3 is 23.1 Å². The average molecular weight is 844 g/mol. The average Bonchev–Trinajstić information content (AvgIpc) is 3.77. The third-order valence-electron chi connectivity index (χ3n) is 7.86. The molecule has 0 fully saturated rings. The van der Waals surface area contributed by atoms with Crippen molar-refractivity contribution >= 4 is 67.6 Å². The van der Waals surface area contributed by atoms with E-state index in [0.717, 1.165) is 60.7 Å². The van der Waals surface area contributed by atoms with E-state index in [9.17, 15) is 8.78 Å². The third kappa shape index (κ3) is 12.6. The second-order valence-electron chi connectivity index (χ2n) is 11.8. The smallest absolute Gasteiger partial charge is 0.335 e. The minimum absolute atomic E-state index is 0.488. The molecule has 0 spiro atoms. The Labute approximate surface area is 332 Å². The fraction of sp³-hybridized carbons (Fsp3) is 0.100. The Kier molecular flexibility index (Phi) is 16.1. The number of hydrogen-bond donors (Lipinski definition) is 2. The van der Waals surface area contributed by atoms with Gasteiger partial charge in [0, 0.05) is 68.3 Å². The molecule has 0 saturated carbocycles. The first-order chi connectivity index (χ1) is 26.5. The molecule has 2 aliphatic heterocycles. The lowest BCUT2D eigenvalue weighted by molar-refractivity contribution is 0.583. The van der Waals surface area contributed by atoms with Crippen molar-refractivity contribution in [2.75, 3.05) is 11.1 Å². The van der Waals surface area contributed by atoms with Crippen molar-refractivity contribution in [1.29, 1.82) is 0 Å². The summed E-state index contributed by atoms with van der Waals surface area (Å²) in [5, 5.41) is 3.42. The number of nitrogens with zero attached hydrogens (tertiary/aromatic N) is 4. The number of anilines is 3. The van der Waals surface area contributed by atoms with Crippen LogP contribution < -0.4 is 11.1 Å². The Hall–Kier alpha value is -5.90. The second-order valence-corrected chi connectivity index (χ2v) is 13.0. The molecular weight excluding hydrogens is 811 g/mol. The predicted octanol–water partition coefficient (Wildman–Crippen LogP) is 8.19. The van der Waals surface area contributed by atoms with Crippen molar-refractivity contribution in [2.24, 2.45) is 9.98 Å². The summed E-state index contributed by atoms with van der Waals surface area (Å²) in [6.45, 7) is 5.38. The Bertz CT molecular complexity index is 2390. The molecule has 6 aromatic rings. The fourth-order valence-electron chi connectivity index (χ4n) is 5.55. The Morgan fingerprint density at radius 2 is 1.11 bits per heavy atom. The lowest BCUT2D eigenvalue weighted by Crippen LogP contribution is -2.03. The van der Waals surface area contributed by atoms with Crippen LogP contribution in [0.3, 0.4) is 0 Å². The molecule has 4 aromatic carbocycles. The number of pyridine rings is 2. The van der Waals surface area contributed by atoms with Gasteiger partial charge in [0.2, 0.25) is 11.9 Å². The standard InChI is InChI=1S/C20H16FN3.C13H10FN3.C7H7Br.2O2S/c1-13-3-2-4-16(9-13)24-17-6-5-15-12-23-20(18(15)11-17)14-7-8-22-19(21)10-14;14-12-5-8(3-4-16-12)13-11-6-10(15)2-1-9(11)7-17-13;1-6-3-2-4-7(8)5-6;2*1-3-2/h2-11,24H,12H2,1H3;1-6H,7,15H2;2-5H,1H3;;. The summed E-state index contributed by atoms with van der Waals surface area (Å²) < 4.78 is 60.8. The van der Waals surface area contributed by atoms with Gasteiger partial charge in [0.05, 0.1) is 24.5 Å². The van der Waals surface area contributed by atoms with Crippen molar-refractivity contribution in [1.82, 2.24) is 9.97 Å². The highest BCUT2D eigenvalue weighted by atomic mass is 79.9. The van der Waals surface area contributed by atoms with E-state index in [4.69, 9.17) is 22.6 Å². The summed E-state index contributed by atoms with van der Waals surface area (Å²) in [4.78, 5) is 16.1. The van der Waals surface area contributed by atoms with Gasteiger partial charge in [-0.2, -0.15) is 25.6 Å². The van der Waals surface area contributed by atoms with Crippen LogP contribution in [0.15, 0.2) is 136 Å². The van der Waals surface area contributed by atoms with Gasteiger partial charge in [-0.3, -0.25) is 9.98 Å². The number of aliphatic imine (C=N–C) groups is 2. The van der Waals surface area contributed by atoms with Crippen LogP contribution in [0.1, 0.15) is 44.5 Å². The van der Waals surface area contributed by atoms with Crippen LogP contribution in [0.4, 0.5) is 25.8 Å². The number of aromatic nitrogens is 2. The molecule has 10 nitrogen and oxygen atoms in total. The third-order valence-corrected chi connectivity index (χ3v) is 8.35. The molecule has 0 saturated heterocycles. The largest absolute Gasteiger partial charge is 0.399 e. The molecule has 0 bridgehead atoms. The maximum Gasteiger partial charge on any atom is 0.335 e. The van der Waals surface area contributed by atoms with Crippen molar-refractivity contribution in [3.63, 3.8) is 0 Å². The lowest BCUT2D eigenvalue weighted by atomic mass is 10.00. The van der Waals surface area contributed by atoms with Crippen LogP contribution >= 0.6 is 15.9 Å². The summed E-state index contributed by atoms with van der Waals surface area (Å²) in [5.41, 5.74) is 18.4. The van der Waals surface area contributed by atoms with E-state index >= 15 is 0 Å². The summed E-state index contributed by atoms with van der Waals surface area (Å²) >= 11 is 1.86. The van der Waals surface area contributed by atoms with Gasteiger partial charge in [-0.05, 0) is 91.2 Å². The quantitative estimate of drug-likeness (QED) is 0.133. The number of benzene rings is 4. The Balaban J connectivity index is 0.000000188. The summed E-state index contributed by atoms with van der Waals surface area (Å²) in [6, 6.07) is 34.7. The zero-order valence-corrected chi connectivity index (χ0v) is 32.6. The van der Waals surface area contributed by atoms with Crippen molar-refractivity contribution in [2.45, 2.75) is 26.9 Å². The van der Waals surface area contributed by atoms with Crippen molar-refractivity contribution in [3.05, 3.63) is 182 Å². The van der Waals surface area contributed by atoms with E-state index in [2.05, 4.69) is 91.4 Å². The maximum absolute atomic E-state index is 13.4. The van der Waals surface area contributed by atoms with Gasteiger partial charge in [0.15, 0.2) is 0 Å². The molecule has 2 aromatic heterocycles. The molecule has 15 heteroatoms. The van der Waals surface area contributed by atoms with E-state index in [0.29, 0.717) is 18.8 Å². The highest BCUT2D eigenvalue weighted by Gasteiger charge is 2.19. The molecule has 0 amide bonds. The number of fused-ring (bicyclic) bond motifs is 2. The normalized spacial score (nSPS) is 11.4. The SMILES string of the molecule is Cc1cccc(Br)c1.Cc1cccc(Nc2ccc3c(c2)C(c2ccnc(F)c2)=NC3)c1.Nc1ccc2c(c1)C(c1ccnc(F)c1)=NC2.O=S=O.O=S=O. The van der Waals surface area contributed by atoms with Crippen LogP contribution in [0.2, 0.25) is 0 Å². The maximum atomic E-state index is 13.4. The van der Waals surface area contributed by atoms with Crippen LogP contribution in [-0.2, 0) is 36.2 Å². The van der Waals surface area contributed by atoms with Crippen LogP contribution in [0, 0.1) is 25.7 Å². The first kappa shape index (κ1) is 41.9. The fourth-order valence-corrected chi connectivity index (χ4v) is 6.07. The van der Waals surface area contributed by atoms with Gasteiger partial charge in [0.1, 0.15) is 0 Å². The lowest BCUT2D eigenvalue weighted by Gasteiger charge is -2.10. The molecule has 0 radical (unpaired) electrons. The van der Waals surface area contributed by atoms with Gasteiger partial charge < -0.3 is 11.1 Å². The van der Waals surface area contributed by atoms with Gasteiger partial charge in [0.25, 0.3) is 0 Å². The molecule has 8 rings (SSSR count). The molecule has 0 atom stereocenters. The van der Waals surface area contributed by atoms with Crippen molar-refractivity contribution in [3.8, 4) is 0 Å². The second kappa shape index (κ2) is 21.1. The molecule has 3 N–H and O–H groups in total. The summed E-state index contributed by atoms with van der Waals surface area (Å²) in [5.74, 6) is -0.986. The highest BCUT2D eigenvalue weighted by molar-refractivity contribution is 9.10. The van der Waals surface area contributed by atoms with Crippen LogP contribution in [0.5, 0.6) is 0 Å². The Morgan fingerprint density at radius 3 is 1.60 bits per heavy atom. The number of nitrogens with two attached hydrogens (primary N) is 1. The zero-order valence-electron chi connectivity index (χ0n) is 29.4. The predicted molar refractivity (Wildman–Crippen MR) is 216 cm³/mol. The van der Waals surface area contributed by atoms with Crippen LogP contribution in [0.25, 0.3) is 0 Å². The van der Waals surface area contributed by atoms with E-state index in [1.54, 1.807) is 12.1 Å². The number of hydrogen-bond acceptors (Lipinski definition) is 10. The molecule has 0 unspecified atom stereocenters. The van der Waals surface area contributed by atoms with Gasteiger partial charge in [-0.25, -0.2) is 9.97 Å². The zero-order chi connectivity index (χ0) is 39.7. The minimum atomic E-state index is -0.750. The highest BCUT2D eigenvalue weighted by Crippen LogP contribution is 2.28. The molecule has 55 heavy (non-hydrogen) atoms. The van der Waals surface area contributed by atoms with E-state index in [1.807, 2.05) is 48.5 Å². The van der Waals surface area contributed by atoms with Gasteiger partial charge in [-0.1, -0.05) is 57.9 Å². The number of nitrogen functional groups attached to an aromatic ring is 1. The monoisotopic (exact) mass is 842 g/mol. The van der Waals surface area contributed by atoms with Crippen molar-refractivity contribution < 1.29 is 25.6 Å². The van der Waals surface area contributed by atoms with E-state index in [-0.39, 0.29) is 0 Å². The Morgan fingerprint density at radius 1 is 0.618 bits per heavy atom. The number of rotatable bonds is 4. The molecule has 4 heterocycles. The first-order valence-corrected chi connectivity index (χ1v) is 18.4. The van der Waals surface area contributed by atoms with E-state index in [1.165, 1.54) is 35.7 Å². The molecule has 0 aliphatic carbocycles. The number of aryl methyl sites for hydroxylation is 2. The summed E-state index contributed by atoms with van der Waals surface area (Å²) in [7, 11) is 0. The number of nitrogens with one attached hydrogen (secondary N) is 1. The topological polar surface area (TPSA) is 157 Å². The van der Waals surface area contributed by atoms with Gasteiger partial charge in [-0.15, -0.1) is 0 Å². The number of halogens is 3. The summed E-state index contributed by atoms with van der Waals surface area (Å²) in [6.07, 6.45) is 2.91. The van der Waals surface area contributed by atoms with E-state index < -0.39 is 35.0 Å². The molecular formula is C40H33BrF2N6O4S2. The van der Waals surface area contributed by atoms with Crippen LogP contribution in [-0.4, -0.2) is 38.2 Å². The molecule has 280 valence electrons. The first-order valence-electron chi connectivity index (χ1n) is 16.3. The minimum Gasteiger partial charge on any atom is -0.399 e.